The van der Waals surface area contributed by atoms with Crippen LogP contribution in [0, 0.1) is 13.8 Å². The van der Waals surface area contributed by atoms with E-state index in [-0.39, 0.29) is 12.1 Å². The minimum atomic E-state index is -0.0263. The van der Waals surface area contributed by atoms with Crippen molar-refractivity contribution in [1.82, 2.24) is 9.97 Å². The molecule has 0 saturated carbocycles. The number of benzene rings is 4. The molecule has 4 heteroatoms. The molecule has 0 radical (unpaired) electrons. The summed E-state index contributed by atoms with van der Waals surface area (Å²) in [7, 11) is 4.40. The molecule has 0 aliphatic carbocycles. The number of pyridine rings is 2. The molecule has 0 bridgehead atoms. The van der Waals surface area contributed by atoms with Crippen LogP contribution in [0.25, 0.3) is 21.8 Å². The molecule has 6 rings (SSSR count). The molecule has 0 N–H and O–H groups in total. The Kier molecular flexibility index (Phi) is 6.91. The predicted molar refractivity (Wildman–Crippen MR) is 168 cm³/mol. The molecule has 0 amide bonds. The summed E-state index contributed by atoms with van der Waals surface area (Å²) in [4.78, 5) is 14.8. The third kappa shape index (κ3) is 4.77. The molecule has 198 valence electrons. The first-order valence-corrected chi connectivity index (χ1v) is 13.8. The Morgan fingerprint density at radius 2 is 0.850 bits per heavy atom. The third-order valence-corrected chi connectivity index (χ3v) is 7.85. The quantitative estimate of drug-likeness (QED) is 0.211. The van der Waals surface area contributed by atoms with Crippen molar-refractivity contribution in [1.29, 1.82) is 0 Å². The first-order valence-electron chi connectivity index (χ1n) is 13.8. The zero-order chi connectivity index (χ0) is 27.6. The maximum absolute atomic E-state index is 4.99. The molecule has 2 atom stereocenters. The number of hydrogen-bond acceptors (Lipinski definition) is 4. The smallest absolute Gasteiger partial charge is 0.0938 e. The SMILES string of the molecule is Cc1ccc2cccc(N(C)[C@H](c3ccccc3)[C@@H](c3ccccc3)N(C)c3cccc4ccc(C)nc34)c2n1. The molecule has 2 heterocycles. The maximum atomic E-state index is 4.99. The average molecular weight is 523 g/mol. The van der Waals surface area contributed by atoms with Gasteiger partial charge in [0.25, 0.3) is 0 Å². The summed E-state index contributed by atoms with van der Waals surface area (Å²) in [6, 6.07) is 43.0. The van der Waals surface area contributed by atoms with Crippen molar-refractivity contribution in [3.8, 4) is 0 Å². The van der Waals surface area contributed by atoms with Crippen molar-refractivity contribution in [2.45, 2.75) is 25.9 Å². The number of nitrogens with zero attached hydrogens (tertiary/aromatic N) is 4. The standard InChI is InChI=1S/C36H34N4/c1-25-21-23-27-17-11-19-31(33(27)37-25)39(3)35(29-13-7-5-8-14-29)36(30-15-9-6-10-16-30)40(4)32-20-12-18-28-24-22-26(2)38-34(28)32/h5-24,35-36H,1-4H3/t35-,36-/m1/s1. The molecule has 40 heavy (non-hydrogen) atoms. The fraction of sp³-hybridized carbons (Fsp3) is 0.167. The molecular weight excluding hydrogens is 488 g/mol. The lowest BCUT2D eigenvalue weighted by Crippen LogP contribution is -2.38. The zero-order valence-corrected chi connectivity index (χ0v) is 23.5. The molecule has 0 aliphatic rings. The Labute approximate surface area is 236 Å². The van der Waals surface area contributed by atoms with Crippen LogP contribution in [0.15, 0.2) is 121 Å². The van der Waals surface area contributed by atoms with Gasteiger partial charge in [0.05, 0.1) is 34.5 Å². The Hall–Kier alpha value is -4.70. The molecule has 2 aromatic heterocycles. The van der Waals surface area contributed by atoms with Crippen LogP contribution in [0.5, 0.6) is 0 Å². The van der Waals surface area contributed by atoms with Gasteiger partial charge in [-0.15, -0.1) is 0 Å². The third-order valence-electron chi connectivity index (χ3n) is 7.85. The van der Waals surface area contributed by atoms with Crippen molar-refractivity contribution < 1.29 is 0 Å². The van der Waals surface area contributed by atoms with Gasteiger partial charge >= 0.3 is 0 Å². The predicted octanol–water partition coefficient (Wildman–Crippen LogP) is 8.46. The van der Waals surface area contributed by atoms with Crippen LogP contribution in [0.1, 0.15) is 34.6 Å². The molecule has 0 saturated heterocycles. The summed E-state index contributed by atoms with van der Waals surface area (Å²) in [5, 5.41) is 2.28. The van der Waals surface area contributed by atoms with Gasteiger partial charge in [-0.3, -0.25) is 9.97 Å². The molecule has 0 aliphatic heterocycles. The van der Waals surface area contributed by atoms with Gasteiger partial charge in [-0.2, -0.15) is 0 Å². The monoisotopic (exact) mass is 522 g/mol. The molecule has 4 nitrogen and oxygen atoms in total. The number of anilines is 2. The summed E-state index contributed by atoms with van der Waals surface area (Å²) < 4.78 is 0. The largest absolute Gasteiger partial charge is 0.363 e. The summed E-state index contributed by atoms with van der Waals surface area (Å²) >= 11 is 0. The number of aryl methyl sites for hydroxylation is 2. The van der Waals surface area contributed by atoms with Gasteiger partial charge in [-0.25, -0.2) is 0 Å². The summed E-state index contributed by atoms with van der Waals surface area (Å²) in [5.41, 5.74) is 8.75. The van der Waals surface area contributed by atoms with E-state index in [1.165, 1.54) is 11.1 Å². The summed E-state index contributed by atoms with van der Waals surface area (Å²) in [6.07, 6.45) is 0. The molecule has 0 spiro atoms. The van der Waals surface area contributed by atoms with Crippen LogP contribution >= 0.6 is 0 Å². The minimum absolute atomic E-state index is 0.0263. The van der Waals surface area contributed by atoms with E-state index in [1.54, 1.807) is 0 Å². The van der Waals surface area contributed by atoms with Crippen LogP contribution in [0.2, 0.25) is 0 Å². The Morgan fingerprint density at radius 1 is 0.450 bits per heavy atom. The highest BCUT2D eigenvalue weighted by Crippen LogP contribution is 2.43. The Bertz CT molecular complexity index is 1630. The molecule has 4 aromatic carbocycles. The van der Waals surface area contributed by atoms with E-state index in [2.05, 4.69) is 159 Å². The van der Waals surface area contributed by atoms with Crippen molar-refractivity contribution >= 4 is 33.2 Å². The van der Waals surface area contributed by atoms with E-state index in [0.717, 1.165) is 44.6 Å². The highest BCUT2D eigenvalue weighted by Gasteiger charge is 2.33. The van der Waals surface area contributed by atoms with Gasteiger partial charge in [0, 0.05) is 36.3 Å². The molecule has 0 fully saturated rings. The molecular formula is C36H34N4. The van der Waals surface area contributed by atoms with E-state index in [4.69, 9.17) is 9.97 Å². The first-order chi connectivity index (χ1) is 19.5. The second-order valence-electron chi connectivity index (χ2n) is 10.5. The van der Waals surface area contributed by atoms with Gasteiger partial charge in [0.2, 0.25) is 0 Å². The van der Waals surface area contributed by atoms with Gasteiger partial charge in [0.15, 0.2) is 0 Å². The topological polar surface area (TPSA) is 32.3 Å². The number of para-hydroxylation sites is 2. The van der Waals surface area contributed by atoms with Gasteiger partial charge in [-0.1, -0.05) is 97.1 Å². The number of aromatic nitrogens is 2. The molecule has 0 unspecified atom stereocenters. The van der Waals surface area contributed by atoms with Crippen LogP contribution in [0.4, 0.5) is 11.4 Å². The van der Waals surface area contributed by atoms with Crippen LogP contribution in [-0.4, -0.2) is 24.1 Å². The first kappa shape index (κ1) is 25.6. The van der Waals surface area contributed by atoms with E-state index < -0.39 is 0 Å². The highest BCUT2D eigenvalue weighted by molar-refractivity contribution is 5.92. The number of hydrogen-bond donors (Lipinski definition) is 0. The normalized spacial score (nSPS) is 12.8. The number of fused-ring (bicyclic) bond motifs is 2. The summed E-state index contributed by atoms with van der Waals surface area (Å²) in [6.45, 7) is 4.11. The van der Waals surface area contributed by atoms with Crippen LogP contribution < -0.4 is 9.80 Å². The lowest BCUT2D eigenvalue weighted by Gasteiger charge is -2.42. The Balaban J connectivity index is 1.58. The van der Waals surface area contributed by atoms with E-state index in [9.17, 15) is 0 Å². The number of likely N-dealkylation sites (N-methyl/N-ethyl adjacent to an activating group) is 2. The van der Waals surface area contributed by atoms with Crippen LogP contribution in [0.3, 0.4) is 0 Å². The van der Waals surface area contributed by atoms with Gasteiger partial charge in [-0.05, 0) is 49.2 Å². The average Bonchev–Trinajstić information content (AvgIpc) is 2.99. The van der Waals surface area contributed by atoms with Crippen molar-refractivity contribution in [2.75, 3.05) is 23.9 Å². The highest BCUT2D eigenvalue weighted by atomic mass is 15.2. The maximum Gasteiger partial charge on any atom is 0.0938 e. The lowest BCUT2D eigenvalue weighted by molar-refractivity contribution is 0.522. The second-order valence-corrected chi connectivity index (χ2v) is 10.5. The van der Waals surface area contributed by atoms with E-state index >= 15 is 0 Å². The van der Waals surface area contributed by atoms with Gasteiger partial charge < -0.3 is 9.80 Å². The lowest BCUT2D eigenvalue weighted by atomic mass is 9.90. The fourth-order valence-electron chi connectivity index (χ4n) is 5.86. The van der Waals surface area contributed by atoms with Gasteiger partial charge in [0.1, 0.15) is 0 Å². The zero-order valence-electron chi connectivity index (χ0n) is 23.5. The second kappa shape index (κ2) is 10.8. The fourth-order valence-corrected chi connectivity index (χ4v) is 5.86. The van der Waals surface area contributed by atoms with Crippen molar-refractivity contribution in [3.63, 3.8) is 0 Å². The Morgan fingerprint density at radius 3 is 1.25 bits per heavy atom. The van der Waals surface area contributed by atoms with Crippen LogP contribution in [-0.2, 0) is 0 Å². The van der Waals surface area contributed by atoms with Crippen molar-refractivity contribution in [2.24, 2.45) is 0 Å². The van der Waals surface area contributed by atoms with E-state index in [1.807, 2.05) is 0 Å². The minimum Gasteiger partial charge on any atom is -0.363 e. The molecule has 6 aromatic rings. The number of rotatable bonds is 7. The summed E-state index contributed by atoms with van der Waals surface area (Å²) in [5.74, 6) is 0. The van der Waals surface area contributed by atoms with E-state index in [0.29, 0.717) is 0 Å². The van der Waals surface area contributed by atoms with Crippen molar-refractivity contribution in [3.05, 3.63) is 144 Å².